The third-order valence-electron chi connectivity index (χ3n) is 3.57. The van der Waals surface area contributed by atoms with E-state index in [2.05, 4.69) is 9.97 Å². The minimum atomic E-state index is -3.95. The third kappa shape index (κ3) is 2.53. The standard InChI is InChI=1S/C17H12N2O3S/c20-23(21,14-10-9-12-5-1-2-6-13(12)11-14)22-17-18-15-7-3-4-8-16(15)19-17/h1-11H,(H,18,19). The van der Waals surface area contributed by atoms with Crippen LogP contribution in [0.15, 0.2) is 71.6 Å². The van der Waals surface area contributed by atoms with Crippen molar-refractivity contribution < 1.29 is 12.6 Å². The predicted molar refractivity (Wildman–Crippen MR) is 87.9 cm³/mol. The van der Waals surface area contributed by atoms with Crippen molar-refractivity contribution in [1.29, 1.82) is 0 Å². The third-order valence-corrected chi connectivity index (χ3v) is 4.77. The smallest absolute Gasteiger partial charge is 0.341 e. The Balaban J connectivity index is 1.73. The molecule has 1 heterocycles. The molecular weight excluding hydrogens is 312 g/mol. The van der Waals surface area contributed by atoms with Gasteiger partial charge in [0.25, 0.3) is 0 Å². The van der Waals surface area contributed by atoms with Crippen molar-refractivity contribution >= 4 is 31.9 Å². The Morgan fingerprint density at radius 2 is 1.61 bits per heavy atom. The molecule has 0 atom stereocenters. The Hall–Kier alpha value is -2.86. The zero-order chi connectivity index (χ0) is 15.9. The maximum Gasteiger partial charge on any atom is 0.341 e. The van der Waals surface area contributed by atoms with Gasteiger partial charge in [-0.15, -0.1) is 0 Å². The highest BCUT2D eigenvalue weighted by atomic mass is 32.2. The second-order valence-corrected chi connectivity index (χ2v) is 6.65. The lowest BCUT2D eigenvalue weighted by Crippen LogP contribution is -2.10. The minimum absolute atomic E-state index is 0.0423. The van der Waals surface area contributed by atoms with Crippen LogP contribution in [0.3, 0.4) is 0 Å². The highest BCUT2D eigenvalue weighted by molar-refractivity contribution is 7.87. The number of fused-ring (bicyclic) bond motifs is 2. The number of aromatic nitrogens is 2. The molecule has 0 aliphatic heterocycles. The van der Waals surface area contributed by atoms with Crippen LogP contribution in [0.25, 0.3) is 21.8 Å². The zero-order valence-corrected chi connectivity index (χ0v) is 12.7. The Labute approximate surface area is 132 Å². The Bertz CT molecular complexity index is 1080. The van der Waals surface area contributed by atoms with Crippen molar-refractivity contribution in [3.8, 4) is 6.01 Å². The number of hydrogen-bond acceptors (Lipinski definition) is 4. The fourth-order valence-corrected chi connectivity index (χ4v) is 3.33. The summed E-state index contributed by atoms with van der Waals surface area (Å²) in [6.07, 6.45) is 0. The Kier molecular flexibility index (Phi) is 3.06. The van der Waals surface area contributed by atoms with E-state index in [9.17, 15) is 8.42 Å². The van der Waals surface area contributed by atoms with Crippen LogP contribution in [-0.4, -0.2) is 18.4 Å². The summed E-state index contributed by atoms with van der Waals surface area (Å²) in [6, 6.07) is 19.6. The fourth-order valence-electron chi connectivity index (χ4n) is 2.44. The van der Waals surface area contributed by atoms with Gasteiger partial charge in [0.15, 0.2) is 0 Å². The van der Waals surface area contributed by atoms with Crippen molar-refractivity contribution in [2.24, 2.45) is 0 Å². The van der Waals surface area contributed by atoms with E-state index in [4.69, 9.17) is 4.18 Å². The number of nitrogens with one attached hydrogen (secondary N) is 1. The maximum atomic E-state index is 12.4. The first-order valence-electron chi connectivity index (χ1n) is 7.00. The van der Waals surface area contributed by atoms with Crippen LogP contribution in [0.1, 0.15) is 0 Å². The van der Waals surface area contributed by atoms with Gasteiger partial charge in [-0.05, 0) is 35.0 Å². The number of rotatable bonds is 3. The van der Waals surface area contributed by atoms with Gasteiger partial charge in [-0.2, -0.15) is 13.4 Å². The van der Waals surface area contributed by atoms with Gasteiger partial charge >= 0.3 is 16.1 Å². The maximum absolute atomic E-state index is 12.4. The predicted octanol–water partition coefficient (Wildman–Crippen LogP) is 3.48. The molecule has 0 bridgehead atoms. The molecule has 0 amide bonds. The lowest BCUT2D eigenvalue weighted by atomic mass is 10.1. The molecule has 1 N–H and O–H groups in total. The summed E-state index contributed by atoms with van der Waals surface area (Å²) in [5.41, 5.74) is 1.37. The van der Waals surface area contributed by atoms with E-state index in [0.717, 1.165) is 16.3 Å². The molecule has 0 aliphatic carbocycles. The van der Waals surface area contributed by atoms with E-state index >= 15 is 0 Å². The highest BCUT2D eigenvalue weighted by Gasteiger charge is 2.19. The average Bonchev–Trinajstić information content (AvgIpc) is 2.95. The van der Waals surface area contributed by atoms with Gasteiger partial charge in [-0.3, -0.25) is 0 Å². The molecule has 0 saturated heterocycles. The summed E-state index contributed by atoms with van der Waals surface area (Å²) in [4.78, 5) is 7.07. The van der Waals surface area contributed by atoms with Crippen molar-refractivity contribution in [3.05, 3.63) is 66.7 Å². The quantitative estimate of drug-likeness (QED) is 0.586. The number of para-hydroxylation sites is 2. The van der Waals surface area contributed by atoms with E-state index in [1.165, 1.54) is 6.07 Å². The molecule has 0 spiro atoms. The van der Waals surface area contributed by atoms with E-state index in [0.29, 0.717) is 5.52 Å². The molecule has 0 unspecified atom stereocenters. The van der Waals surface area contributed by atoms with Crippen molar-refractivity contribution in [2.75, 3.05) is 0 Å². The fraction of sp³-hybridized carbons (Fsp3) is 0. The van der Waals surface area contributed by atoms with Crippen molar-refractivity contribution in [1.82, 2.24) is 9.97 Å². The van der Waals surface area contributed by atoms with E-state index in [1.807, 2.05) is 36.4 Å². The summed E-state index contributed by atoms with van der Waals surface area (Å²) >= 11 is 0. The zero-order valence-electron chi connectivity index (χ0n) is 11.9. The van der Waals surface area contributed by atoms with Crippen LogP contribution in [0.5, 0.6) is 6.01 Å². The summed E-state index contributed by atoms with van der Waals surface area (Å²) in [5, 5.41) is 1.80. The van der Waals surface area contributed by atoms with E-state index < -0.39 is 10.1 Å². The largest absolute Gasteiger partial charge is 0.342 e. The molecule has 0 saturated carbocycles. The van der Waals surface area contributed by atoms with Gasteiger partial charge in [0.1, 0.15) is 4.90 Å². The van der Waals surface area contributed by atoms with Crippen LogP contribution in [0.2, 0.25) is 0 Å². The molecule has 5 nitrogen and oxygen atoms in total. The van der Waals surface area contributed by atoms with Crippen LogP contribution in [0, 0.1) is 0 Å². The molecular formula is C17H12N2O3S. The van der Waals surface area contributed by atoms with Crippen LogP contribution < -0.4 is 4.18 Å². The topological polar surface area (TPSA) is 72.1 Å². The van der Waals surface area contributed by atoms with Crippen molar-refractivity contribution in [3.63, 3.8) is 0 Å². The van der Waals surface area contributed by atoms with Gasteiger partial charge in [-0.25, -0.2) is 0 Å². The Morgan fingerprint density at radius 1 is 0.870 bits per heavy atom. The summed E-state index contributed by atoms with van der Waals surface area (Å²) in [6.45, 7) is 0. The van der Waals surface area contributed by atoms with Gasteiger partial charge in [0, 0.05) is 0 Å². The first-order chi connectivity index (χ1) is 11.1. The molecule has 0 aliphatic rings. The van der Waals surface area contributed by atoms with E-state index in [1.54, 1.807) is 24.3 Å². The number of aromatic amines is 1. The van der Waals surface area contributed by atoms with Crippen molar-refractivity contribution in [2.45, 2.75) is 4.90 Å². The Morgan fingerprint density at radius 3 is 2.43 bits per heavy atom. The first-order valence-corrected chi connectivity index (χ1v) is 8.41. The van der Waals surface area contributed by atoms with Gasteiger partial charge < -0.3 is 9.17 Å². The molecule has 3 aromatic carbocycles. The van der Waals surface area contributed by atoms with Crippen LogP contribution >= 0.6 is 0 Å². The summed E-state index contributed by atoms with van der Waals surface area (Å²) < 4.78 is 30.0. The number of nitrogens with zero attached hydrogens (tertiary/aromatic N) is 1. The molecule has 114 valence electrons. The molecule has 23 heavy (non-hydrogen) atoms. The molecule has 0 radical (unpaired) electrons. The first kappa shape index (κ1) is 13.8. The average molecular weight is 324 g/mol. The van der Waals surface area contributed by atoms with Crippen LogP contribution in [0.4, 0.5) is 0 Å². The second-order valence-electron chi connectivity index (χ2n) is 5.11. The van der Waals surface area contributed by atoms with Gasteiger partial charge in [0.05, 0.1) is 11.0 Å². The number of H-pyrrole nitrogens is 1. The van der Waals surface area contributed by atoms with Gasteiger partial charge in [0.2, 0.25) is 0 Å². The summed E-state index contributed by atoms with van der Waals surface area (Å²) in [5.74, 6) is 0. The lowest BCUT2D eigenvalue weighted by molar-refractivity contribution is 0.468. The van der Waals surface area contributed by atoms with Crippen LogP contribution in [-0.2, 0) is 10.1 Å². The molecule has 1 aromatic heterocycles. The lowest BCUT2D eigenvalue weighted by Gasteiger charge is -2.05. The molecule has 4 rings (SSSR count). The second kappa shape index (κ2) is 5.10. The minimum Gasteiger partial charge on any atom is -0.342 e. The molecule has 6 heteroatoms. The summed E-state index contributed by atoms with van der Waals surface area (Å²) in [7, 11) is -3.95. The SMILES string of the molecule is O=S(=O)(Oc1nc2ccccc2[nH]1)c1ccc2ccccc2c1. The monoisotopic (exact) mass is 324 g/mol. The van der Waals surface area contributed by atoms with E-state index in [-0.39, 0.29) is 10.9 Å². The number of benzene rings is 3. The normalized spacial score (nSPS) is 11.8. The molecule has 4 aromatic rings. The highest BCUT2D eigenvalue weighted by Crippen LogP contribution is 2.23. The molecule has 0 fully saturated rings. The number of imidazole rings is 1. The van der Waals surface area contributed by atoms with Gasteiger partial charge in [-0.1, -0.05) is 42.5 Å². The number of hydrogen-bond donors (Lipinski definition) is 1.